The first-order chi connectivity index (χ1) is 8.19. The van der Waals surface area contributed by atoms with Gasteiger partial charge in [-0.2, -0.15) is 0 Å². The summed E-state index contributed by atoms with van der Waals surface area (Å²) in [6.07, 6.45) is 0. The third-order valence-electron chi connectivity index (χ3n) is 2.24. The summed E-state index contributed by atoms with van der Waals surface area (Å²) < 4.78 is 18.8. The van der Waals surface area contributed by atoms with E-state index in [2.05, 4.69) is 4.98 Å². The van der Waals surface area contributed by atoms with Crippen LogP contribution in [0.3, 0.4) is 0 Å². The van der Waals surface area contributed by atoms with Gasteiger partial charge in [0.25, 0.3) is 0 Å². The van der Waals surface area contributed by atoms with Crippen LogP contribution in [0.5, 0.6) is 5.75 Å². The minimum absolute atomic E-state index is 0.257. The van der Waals surface area contributed by atoms with Gasteiger partial charge >= 0.3 is 0 Å². The lowest BCUT2D eigenvalue weighted by Crippen LogP contribution is -2.00. The molecule has 0 amide bonds. The van der Waals surface area contributed by atoms with Gasteiger partial charge < -0.3 is 10.5 Å². The van der Waals surface area contributed by atoms with E-state index in [-0.39, 0.29) is 18.2 Å². The standard InChI is InChI=1S/C12H13FN2OS/c1-8-2-3-10(13)11(4-8)16-6-9-7-17-12(5-14)15-9/h2-4,7H,5-6,14H2,1H3. The number of nitrogens with zero attached hydrogens (tertiary/aromatic N) is 1. The highest BCUT2D eigenvalue weighted by Gasteiger charge is 2.05. The Bertz CT molecular complexity index is 513. The molecular formula is C12H13FN2OS. The van der Waals surface area contributed by atoms with Gasteiger partial charge in [0, 0.05) is 11.9 Å². The van der Waals surface area contributed by atoms with Crippen molar-refractivity contribution in [1.82, 2.24) is 4.98 Å². The molecule has 0 fully saturated rings. The molecule has 1 heterocycles. The summed E-state index contributed by atoms with van der Waals surface area (Å²) in [5, 5.41) is 2.73. The molecule has 0 spiro atoms. The molecule has 17 heavy (non-hydrogen) atoms. The van der Waals surface area contributed by atoms with Crippen LogP contribution in [0.15, 0.2) is 23.6 Å². The molecule has 0 aliphatic heterocycles. The van der Waals surface area contributed by atoms with E-state index in [9.17, 15) is 4.39 Å². The number of hydrogen-bond acceptors (Lipinski definition) is 4. The SMILES string of the molecule is Cc1ccc(F)c(OCc2csc(CN)n2)c1. The van der Waals surface area contributed by atoms with Crippen molar-refractivity contribution in [2.75, 3.05) is 0 Å². The van der Waals surface area contributed by atoms with Gasteiger partial charge in [0.1, 0.15) is 11.6 Å². The summed E-state index contributed by atoms with van der Waals surface area (Å²) in [6.45, 7) is 2.57. The van der Waals surface area contributed by atoms with Crippen LogP contribution in [0.4, 0.5) is 4.39 Å². The Balaban J connectivity index is 2.04. The van der Waals surface area contributed by atoms with Crippen molar-refractivity contribution >= 4 is 11.3 Å². The van der Waals surface area contributed by atoms with Gasteiger partial charge in [0.05, 0.1) is 5.69 Å². The number of benzene rings is 1. The van der Waals surface area contributed by atoms with Crippen molar-refractivity contribution < 1.29 is 9.13 Å². The average Bonchev–Trinajstić information content (AvgIpc) is 2.78. The Labute approximate surface area is 103 Å². The number of rotatable bonds is 4. The van der Waals surface area contributed by atoms with Crippen molar-refractivity contribution in [3.8, 4) is 5.75 Å². The summed E-state index contributed by atoms with van der Waals surface area (Å²) >= 11 is 1.48. The molecule has 1 aromatic heterocycles. The zero-order chi connectivity index (χ0) is 12.3. The molecule has 0 unspecified atom stereocenters. The fourth-order valence-electron chi connectivity index (χ4n) is 1.38. The molecule has 1 aromatic carbocycles. The maximum atomic E-state index is 13.4. The zero-order valence-corrected chi connectivity index (χ0v) is 10.3. The second-order valence-corrected chi connectivity index (χ2v) is 4.60. The van der Waals surface area contributed by atoms with Crippen molar-refractivity contribution in [2.45, 2.75) is 20.1 Å². The average molecular weight is 252 g/mol. The molecule has 0 aliphatic carbocycles. The molecule has 0 saturated heterocycles. The molecule has 2 aromatic rings. The topological polar surface area (TPSA) is 48.1 Å². The van der Waals surface area contributed by atoms with Crippen LogP contribution in [-0.2, 0) is 13.2 Å². The summed E-state index contributed by atoms with van der Waals surface area (Å²) in [6, 6.07) is 4.78. The van der Waals surface area contributed by atoms with Gasteiger partial charge in [-0.1, -0.05) is 6.07 Å². The Hall–Kier alpha value is -1.46. The molecule has 5 heteroatoms. The lowest BCUT2D eigenvalue weighted by molar-refractivity contribution is 0.286. The smallest absolute Gasteiger partial charge is 0.165 e. The van der Waals surface area contributed by atoms with Crippen LogP contribution in [0, 0.1) is 12.7 Å². The lowest BCUT2D eigenvalue weighted by Gasteiger charge is -2.06. The van der Waals surface area contributed by atoms with Crippen LogP contribution < -0.4 is 10.5 Å². The summed E-state index contributed by atoms with van der Waals surface area (Å²) in [5.41, 5.74) is 7.20. The van der Waals surface area contributed by atoms with E-state index >= 15 is 0 Å². The highest BCUT2D eigenvalue weighted by molar-refractivity contribution is 7.09. The van der Waals surface area contributed by atoms with Gasteiger partial charge in [-0.05, 0) is 24.6 Å². The van der Waals surface area contributed by atoms with Crippen LogP contribution in [-0.4, -0.2) is 4.98 Å². The first kappa shape index (κ1) is 12.0. The quantitative estimate of drug-likeness (QED) is 0.910. The number of nitrogens with two attached hydrogens (primary N) is 1. The van der Waals surface area contributed by atoms with Crippen molar-refractivity contribution in [3.63, 3.8) is 0 Å². The maximum Gasteiger partial charge on any atom is 0.165 e. The van der Waals surface area contributed by atoms with E-state index in [4.69, 9.17) is 10.5 Å². The number of aromatic nitrogens is 1. The van der Waals surface area contributed by atoms with Crippen molar-refractivity contribution in [1.29, 1.82) is 0 Å². The number of hydrogen-bond donors (Lipinski definition) is 1. The first-order valence-corrected chi connectivity index (χ1v) is 6.09. The molecule has 0 atom stereocenters. The van der Waals surface area contributed by atoms with Gasteiger partial charge in [0.15, 0.2) is 11.6 Å². The third kappa shape index (κ3) is 3.01. The summed E-state index contributed by atoms with van der Waals surface area (Å²) in [7, 11) is 0. The van der Waals surface area contributed by atoms with Gasteiger partial charge in [-0.25, -0.2) is 9.37 Å². The molecule has 3 nitrogen and oxygen atoms in total. The molecule has 0 saturated carbocycles. The Kier molecular flexibility index (Phi) is 3.71. The molecule has 0 radical (unpaired) electrons. The molecular weight excluding hydrogens is 239 g/mol. The van der Waals surface area contributed by atoms with Crippen LogP contribution >= 0.6 is 11.3 Å². The van der Waals surface area contributed by atoms with Gasteiger partial charge in [-0.15, -0.1) is 11.3 Å². The first-order valence-electron chi connectivity index (χ1n) is 5.21. The minimum atomic E-state index is -0.357. The van der Waals surface area contributed by atoms with Gasteiger partial charge in [-0.3, -0.25) is 0 Å². The normalized spacial score (nSPS) is 10.5. The molecule has 0 bridgehead atoms. The maximum absolute atomic E-state index is 13.4. The van der Waals surface area contributed by atoms with Crippen LogP contribution in [0.25, 0.3) is 0 Å². The van der Waals surface area contributed by atoms with E-state index < -0.39 is 0 Å². The second-order valence-electron chi connectivity index (χ2n) is 3.66. The third-order valence-corrected chi connectivity index (χ3v) is 3.16. The number of thiazole rings is 1. The summed E-state index contributed by atoms with van der Waals surface area (Å²) in [5.74, 6) is -0.0998. The van der Waals surface area contributed by atoms with E-state index in [1.54, 1.807) is 12.1 Å². The lowest BCUT2D eigenvalue weighted by atomic mass is 10.2. The highest BCUT2D eigenvalue weighted by atomic mass is 32.1. The van der Waals surface area contributed by atoms with Crippen LogP contribution in [0.1, 0.15) is 16.3 Å². The summed E-state index contributed by atoms with van der Waals surface area (Å²) in [4.78, 5) is 4.24. The Morgan fingerprint density at radius 1 is 1.47 bits per heavy atom. The Morgan fingerprint density at radius 2 is 2.29 bits per heavy atom. The fraction of sp³-hybridized carbons (Fsp3) is 0.250. The predicted molar refractivity (Wildman–Crippen MR) is 65.5 cm³/mol. The van der Waals surface area contributed by atoms with Crippen LogP contribution in [0.2, 0.25) is 0 Å². The highest BCUT2D eigenvalue weighted by Crippen LogP contribution is 2.20. The van der Waals surface area contributed by atoms with Crippen molar-refractivity contribution in [3.05, 3.63) is 45.7 Å². The number of halogens is 1. The fourth-order valence-corrected chi connectivity index (χ4v) is 2.04. The molecule has 0 aliphatic rings. The van der Waals surface area contributed by atoms with E-state index in [0.29, 0.717) is 6.54 Å². The second kappa shape index (κ2) is 5.25. The largest absolute Gasteiger partial charge is 0.484 e. The van der Waals surface area contributed by atoms with Gasteiger partial charge in [0.2, 0.25) is 0 Å². The Morgan fingerprint density at radius 3 is 3.00 bits per heavy atom. The predicted octanol–water partition coefficient (Wildman–Crippen LogP) is 2.63. The number of aryl methyl sites for hydroxylation is 1. The molecule has 90 valence electrons. The van der Waals surface area contributed by atoms with E-state index in [1.165, 1.54) is 17.4 Å². The molecule has 2 rings (SSSR count). The minimum Gasteiger partial charge on any atom is -0.484 e. The van der Waals surface area contributed by atoms with Crippen molar-refractivity contribution in [2.24, 2.45) is 5.73 Å². The zero-order valence-electron chi connectivity index (χ0n) is 9.44. The number of ether oxygens (including phenoxy) is 1. The monoisotopic (exact) mass is 252 g/mol. The van der Waals surface area contributed by atoms with E-state index in [1.807, 2.05) is 12.3 Å². The van der Waals surface area contributed by atoms with E-state index in [0.717, 1.165) is 16.3 Å². The molecule has 2 N–H and O–H groups in total.